The highest BCUT2D eigenvalue weighted by molar-refractivity contribution is 5.80. The molecule has 1 saturated heterocycles. The number of hydrogen-bond acceptors (Lipinski definition) is 3. The van der Waals surface area contributed by atoms with Gasteiger partial charge in [0, 0.05) is 31.7 Å². The van der Waals surface area contributed by atoms with Crippen molar-refractivity contribution in [2.24, 2.45) is 4.99 Å². The van der Waals surface area contributed by atoms with Gasteiger partial charge in [-0.05, 0) is 52.7 Å². The Labute approximate surface area is 159 Å². The molecule has 1 aromatic carbocycles. The van der Waals surface area contributed by atoms with Crippen molar-refractivity contribution in [3.63, 3.8) is 0 Å². The molecule has 0 aliphatic carbocycles. The molecule has 26 heavy (non-hydrogen) atoms. The fraction of sp³-hybridized carbons (Fsp3) is 0.667. The molecule has 1 aliphatic heterocycles. The monoisotopic (exact) mass is 360 g/mol. The number of aliphatic imine (C=N–C) groups is 1. The first-order valence-corrected chi connectivity index (χ1v) is 9.78. The number of nitrogens with one attached hydrogen (secondary N) is 2. The van der Waals surface area contributed by atoms with E-state index in [2.05, 4.69) is 81.3 Å². The number of ether oxygens (including phenoxy) is 1. The van der Waals surface area contributed by atoms with Gasteiger partial charge in [0.1, 0.15) is 0 Å². The molecule has 2 unspecified atom stereocenters. The zero-order valence-electron chi connectivity index (χ0n) is 17.3. The van der Waals surface area contributed by atoms with E-state index in [1.807, 2.05) is 0 Å². The Balaban J connectivity index is 2.08. The summed E-state index contributed by atoms with van der Waals surface area (Å²) in [5.74, 6) is 0.864. The van der Waals surface area contributed by atoms with Gasteiger partial charge < -0.3 is 15.4 Å². The maximum Gasteiger partial charge on any atom is 0.191 e. The largest absolute Gasteiger partial charge is 0.373 e. The molecule has 1 aliphatic rings. The highest BCUT2D eigenvalue weighted by Gasteiger charge is 2.22. The number of benzene rings is 1. The summed E-state index contributed by atoms with van der Waals surface area (Å²) in [7, 11) is 0. The second kappa shape index (κ2) is 9.38. The van der Waals surface area contributed by atoms with Crippen molar-refractivity contribution in [1.82, 2.24) is 15.5 Å². The first-order chi connectivity index (χ1) is 12.3. The highest BCUT2D eigenvalue weighted by Crippen LogP contribution is 2.17. The van der Waals surface area contributed by atoms with Crippen molar-refractivity contribution in [2.45, 2.75) is 72.4 Å². The lowest BCUT2D eigenvalue weighted by Gasteiger charge is -2.35. The average molecular weight is 361 g/mol. The van der Waals surface area contributed by atoms with Crippen molar-refractivity contribution in [3.05, 3.63) is 35.4 Å². The van der Waals surface area contributed by atoms with Gasteiger partial charge in [-0.1, -0.05) is 24.3 Å². The SMILES string of the molecule is CCNC(=NCc1ccccc1CN1CC(C)OC(C)C1)NC(C)(C)C. The lowest BCUT2D eigenvalue weighted by Crippen LogP contribution is -2.47. The Bertz CT molecular complexity index is 584. The molecule has 146 valence electrons. The van der Waals surface area contributed by atoms with Crippen LogP contribution in [0.25, 0.3) is 0 Å². The van der Waals surface area contributed by atoms with Crippen LogP contribution in [0.15, 0.2) is 29.3 Å². The Morgan fingerprint density at radius 3 is 2.35 bits per heavy atom. The normalized spacial score (nSPS) is 22.3. The van der Waals surface area contributed by atoms with E-state index < -0.39 is 0 Å². The van der Waals surface area contributed by atoms with E-state index in [9.17, 15) is 0 Å². The smallest absolute Gasteiger partial charge is 0.191 e. The molecule has 2 atom stereocenters. The van der Waals surface area contributed by atoms with Crippen LogP contribution in [0.2, 0.25) is 0 Å². The van der Waals surface area contributed by atoms with Crippen LogP contribution in [-0.2, 0) is 17.8 Å². The zero-order chi connectivity index (χ0) is 19.2. The van der Waals surface area contributed by atoms with E-state index in [1.54, 1.807) is 0 Å². The Morgan fingerprint density at radius 1 is 1.15 bits per heavy atom. The molecule has 0 spiro atoms. The standard InChI is InChI=1S/C21H36N4O/c1-7-22-20(24-21(4,5)6)23-12-18-10-8-9-11-19(18)15-25-13-16(2)26-17(3)14-25/h8-11,16-17H,7,12-15H2,1-6H3,(H2,22,23,24). The van der Waals surface area contributed by atoms with Gasteiger partial charge in [-0.25, -0.2) is 4.99 Å². The molecule has 0 aromatic heterocycles. The van der Waals surface area contributed by atoms with Crippen molar-refractivity contribution in [2.75, 3.05) is 19.6 Å². The molecule has 0 saturated carbocycles. The molecule has 0 amide bonds. The second-order valence-corrected chi connectivity index (χ2v) is 8.29. The van der Waals surface area contributed by atoms with Gasteiger partial charge in [-0.2, -0.15) is 0 Å². The van der Waals surface area contributed by atoms with Crippen LogP contribution >= 0.6 is 0 Å². The molecule has 5 heteroatoms. The number of morpholine rings is 1. The molecular weight excluding hydrogens is 324 g/mol. The van der Waals surface area contributed by atoms with Gasteiger partial charge in [0.05, 0.1) is 18.8 Å². The van der Waals surface area contributed by atoms with Crippen molar-refractivity contribution < 1.29 is 4.74 Å². The molecule has 2 rings (SSSR count). The summed E-state index contributed by atoms with van der Waals surface area (Å²) in [6.07, 6.45) is 0.584. The van der Waals surface area contributed by atoms with Gasteiger partial charge in [0.25, 0.3) is 0 Å². The quantitative estimate of drug-likeness (QED) is 0.626. The minimum absolute atomic E-state index is 0.0133. The molecule has 1 aromatic rings. The van der Waals surface area contributed by atoms with Crippen LogP contribution < -0.4 is 10.6 Å². The van der Waals surface area contributed by atoms with Gasteiger partial charge >= 0.3 is 0 Å². The predicted octanol–water partition coefficient (Wildman–Crippen LogP) is 3.15. The number of nitrogens with zero attached hydrogens (tertiary/aromatic N) is 2. The minimum atomic E-state index is -0.0133. The summed E-state index contributed by atoms with van der Waals surface area (Å²) in [6, 6.07) is 8.63. The second-order valence-electron chi connectivity index (χ2n) is 8.29. The van der Waals surface area contributed by atoms with Crippen LogP contribution in [0.1, 0.15) is 52.7 Å². The van der Waals surface area contributed by atoms with Crippen LogP contribution in [0.3, 0.4) is 0 Å². The van der Waals surface area contributed by atoms with Gasteiger partial charge in [-0.3, -0.25) is 4.90 Å². The van der Waals surface area contributed by atoms with E-state index in [0.717, 1.165) is 32.1 Å². The maximum atomic E-state index is 5.86. The van der Waals surface area contributed by atoms with Crippen LogP contribution in [0, 0.1) is 0 Å². The summed E-state index contributed by atoms with van der Waals surface area (Å²) >= 11 is 0. The van der Waals surface area contributed by atoms with E-state index in [-0.39, 0.29) is 5.54 Å². The summed E-state index contributed by atoms with van der Waals surface area (Å²) in [4.78, 5) is 7.29. The fourth-order valence-corrected chi connectivity index (χ4v) is 3.35. The fourth-order valence-electron chi connectivity index (χ4n) is 3.35. The van der Waals surface area contributed by atoms with E-state index >= 15 is 0 Å². The minimum Gasteiger partial charge on any atom is -0.373 e. The van der Waals surface area contributed by atoms with Crippen molar-refractivity contribution in [1.29, 1.82) is 0 Å². The Morgan fingerprint density at radius 2 is 1.77 bits per heavy atom. The zero-order valence-corrected chi connectivity index (χ0v) is 17.3. The van der Waals surface area contributed by atoms with Crippen LogP contribution in [0.4, 0.5) is 0 Å². The Hall–Kier alpha value is -1.59. The summed E-state index contributed by atoms with van der Waals surface area (Å²) in [5.41, 5.74) is 2.62. The third-order valence-corrected chi connectivity index (χ3v) is 4.25. The van der Waals surface area contributed by atoms with Crippen molar-refractivity contribution in [3.8, 4) is 0 Å². The maximum absolute atomic E-state index is 5.86. The van der Waals surface area contributed by atoms with Gasteiger partial charge in [-0.15, -0.1) is 0 Å². The van der Waals surface area contributed by atoms with Crippen LogP contribution in [-0.4, -0.2) is 48.2 Å². The molecule has 1 fully saturated rings. The third kappa shape index (κ3) is 6.96. The van der Waals surface area contributed by atoms with E-state index in [4.69, 9.17) is 9.73 Å². The lowest BCUT2D eigenvalue weighted by atomic mass is 10.1. The van der Waals surface area contributed by atoms with Crippen molar-refractivity contribution >= 4 is 5.96 Å². The molecule has 0 bridgehead atoms. The molecule has 1 heterocycles. The summed E-state index contributed by atoms with van der Waals surface area (Å²) < 4.78 is 5.86. The average Bonchev–Trinajstić information content (AvgIpc) is 2.51. The Kier molecular flexibility index (Phi) is 7.47. The summed E-state index contributed by atoms with van der Waals surface area (Å²) in [5, 5.41) is 6.79. The molecule has 2 N–H and O–H groups in total. The van der Waals surface area contributed by atoms with Gasteiger partial charge in [0.15, 0.2) is 5.96 Å². The van der Waals surface area contributed by atoms with E-state index in [1.165, 1.54) is 11.1 Å². The number of rotatable bonds is 5. The third-order valence-electron chi connectivity index (χ3n) is 4.25. The van der Waals surface area contributed by atoms with Crippen LogP contribution in [0.5, 0.6) is 0 Å². The predicted molar refractivity (Wildman–Crippen MR) is 109 cm³/mol. The number of hydrogen-bond donors (Lipinski definition) is 2. The highest BCUT2D eigenvalue weighted by atomic mass is 16.5. The first kappa shape index (κ1) is 20.7. The lowest BCUT2D eigenvalue weighted by molar-refractivity contribution is -0.0705. The molecule has 5 nitrogen and oxygen atoms in total. The first-order valence-electron chi connectivity index (χ1n) is 9.78. The molecular formula is C21H36N4O. The molecule has 0 radical (unpaired) electrons. The summed E-state index contributed by atoms with van der Waals surface area (Å²) in [6.45, 7) is 17.3. The van der Waals surface area contributed by atoms with E-state index in [0.29, 0.717) is 18.8 Å². The number of guanidine groups is 1. The van der Waals surface area contributed by atoms with Gasteiger partial charge in [0.2, 0.25) is 0 Å². The topological polar surface area (TPSA) is 48.9 Å².